The summed E-state index contributed by atoms with van der Waals surface area (Å²) in [7, 11) is -3.64. The lowest BCUT2D eigenvalue weighted by Crippen LogP contribution is -2.15. The van der Waals surface area contributed by atoms with Gasteiger partial charge in [0.2, 0.25) is 10.0 Å². The summed E-state index contributed by atoms with van der Waals surface area (Å²) in [4.78, 5) is 0.138. The Labute approximate surface area is 127 Å². The number of nitrogens with one attached hydrogen (secondary N) is 1. The van der Waals surface area contributed by atoms with Crippen LogP contribution in [0.15, 0.2) is 57.9 Å². The lowest BCUT2D eigenvalue weighted by Gasteiger charge is -2.07. The normalized spacial score (nSPS) is 11.5. The highest BCUT2D eigenvalue weighted by molar-refractivity contribution is 9.10. The molecule has 6 heteroatoms. The first-order valence-electron chi connectivity index (χ1n) is 6.02. The second kappa shape index (κ2) is 6.49. The van der Waals surface area contributed by atoms with Gasteiger partial charge >= 0.3 is 0 Å². The van der Waals surface area contributed by atoms with Crippen molar-refractivity contribution in [3.05, 3.63) is 64.1 Å². The van der Waals surface area contributed by atoms with Gasteiger partial charge in [-0.05, 0) is 35.4 Å². The minimum atomic E-state index is -3.64. The molecule has 0 saturated carbocycles. The van der Waals surface area contributed by atoms with Crippen molar-refractivity contribution in [1.82, 2.24) is 5.32 Å². The molecule has 0 amide bonds. The van der Waals surface area contributed by atoms with Crippen LogP contribution < -0.4 is 10.5 Å². The third-order valence-electron chi connectivity index (χ3n) is 2.77. The van der Waals surface area contributed by atoms with Crippen LogP contribution in [0, 0.1) is 0 Å². The van der Waals surface area contributed by atoms with Crippen LogP contribution in [0.1, 0.15) is 11.1 Å². The number of nitrogens with two attached hydrogens (primary N) is 1. The van der Waals surface area contributed by atoms with E-state index in [9.17, 15) is 8.42 Å². The highest BCUT2D eigenvalue weighted by atomic mass is 79.9. The average Bonchev–Trinajstić information content (AvgIpc) is 2.38. The van der Waals surface area contributed by atoms with Gasteiger partial charge < -0.3 is 5.32 Å². The van der Waals surface area contributed by atoms with E-state index in [2.05, 4.69) is 21.2 Å². The van der Waals surface area contributed by atoms with Crippen LogP contribution in [0.3, 0.4) is 0 Å². The maximum Gasteiger partial charge on any atom is 0.238 e. The van der Waals surface area contributed by atoms with Gasteiger partial charge in [-0.1, -0.05) is 40.2 Å². The molecule has 4 nitrogen and oxygen atoms in total. The summed E-state index contributed by atoms with van der Waals surface area (Å²) in [6.45, 7) is 1.29. The first-order chi connectivity index (χ1) is 9.45. The summed E-state index contributed by atoms with van der Waals surface area (Å²) in [6, 6.07) is 14.6. The van der Waals surface area contributed by atoms with E-state index in [4.69, 9.17) is 5.14 Å². The van der Waals surface area contributed by atoms with Gasteiger partial charge in [0.05, 0.1) is 4.90 Å². The smallest absolute Gasteiger partial charge is 0.238 e. The van der Waals surface area contributed by atoms with Crippen LogP contribution >= 0.6 is 15.9 Å². The predicted octanol–water partition coefficient (Wildman–Crippen LogP) is 2.39. The van der Waals surface area contributed by atoms with Crippen molar-refractivity contribution in [2.24, 2.45) is 5.14 Å². The fourth-order valence-corrected chi connectivity index (χ4v) is 2.86. The molecule has 0 radical (unpaired) electrons. The van der Waals surface area contributed by atoms with Crippen molar-refractivity contribution in [1.29, 1.82) is 0 Å². The molecule has 0 unspecified atom stereocenters. The number of hydrogen-bond acceptors (Lipinski definition) is 3. The van der Waals surface area contributed by atoms with E-state index in [0.29, 0.717) is 13.1 Å². The average molecular weight is 355 g/mol. The summed E-state index contributed by atoms with van der Waals surface area (Å²) < 4.78 is 23.6. The van der Waals surface area contributed by atoms with E-state index in [1.165, 1.54) is 6.07 Å². The topological polar surface area (TPSA) is 72.2 Å². The molecule has 0 fully saturated rings. The van der Waals surface area contributed by atoms with Crippen molar-refractivity contribution in [2.45, 2.75) is 18.0 Å². The van der Waals surface area contributed by atoms with Crippen molar-refractivity contribution in [2.75, 3.05) is 0 Å². The molecule has 0 aliphatic rings. The van der Waals surface area contributed by atoms with Crippen molar-refractivity contribution >= 4 is 26.0 Å². The Hall–Kier alpha value is -1.21. The Morgan fingerprint density at radius 2 is 1.60 bits per heavy atom. The summed E-state index contributed by atoms with van der Waals surface area (Å²) in [6.07, 6.45) is 0. The number of sulfonamides is 1. The molecule has 0 aliphatic heterocycles. The van der Waals surface area contributed by atoms with Crippen LogP contribution in [-0.4, -0.2) is 8.42 Å². The van der Waals surface area contributed by atoms with Crippen LogP contribution in [-0.2, 0) is 23.1 Å². The zero-order chi connectivity index (χ0) is 14.6. The molecule has 0 aromatic heterocycles. The van der Waals surface area contributed by atoms with E-state index in [1.807, 2.05) is 30.3 Å². The van der Waals surface area contributed by atoms with E-state index >= 15 is 0 Å². The van der Waals surface area contributed by atoms with Gasteiger partial charge in [0.15, 0.2) is 0 Å². The fourth-order valence-electron chi connectivity index (χ4n) is 1.83. The van der Waals surface area contributed by atoms with Gasteiger partial charge in [0.1, 0.15) is 0 Å². The third kappa shape index (κ3) is 4.42. The Morgan fingerprint density at radius 3 is 2.20 bits per heavy atom. The maximum atomic E-state index is 11.3. The van der Waals surface area contributed by atoms with Gasteiger partial charge in [-0.2, -0.15) is 0 Å². The minimum absolute atomic E-state index is 0.138. The molecule has 0 bridgehead atoms. The Morgan fingerprint density at radius 1 is 1.00 bits per heavy atom. The molecule has 2 rings (SSSR count). The lowest BCUT2D eigenvalue weighted by molar-refractivity contribution is 0.597. The summed E-state index contributed by atoms with van der Waals surface area (Å²) in [5, 5.41) is 8.38. The monoisotopic (exact) mass is 354 g/mol. The van der Waals surface area contributed by atoms with Crippen molar-refractivity contribution < 1.29 is 8.42 Å². The van der Waals surface area contributed by atoms with Gasteiger partial charge in [-0.15, -0.1) is 0 Å². The highest BCUT2D eigenvalue weighted by Gasteiger charge is 2.07. The van der Waals surface area contributed by atoms with Gasteiger partial charge in [-0.25, -0.2) is 13.6 Å². The molecule has 0 heterocycles. The van der Waals surface area contributed by atoms with Crippen LogP contribution in [0.4, 0.5) is 0 Å². The van der Waals surface area contributed by atoms with Gasteiger partial charge in [0, 0.05) is 17.6 Å². The standard InChI is InChI=1S/C14H15BrN2O2S/c15-13-5-1-3-11(7-13)9-17-10-12-4-2-6-14(8-12)20(16,18)19/h1-8,17H,9-10H2,(H2,16,18,19). The highest BCUT2D eigenvalue weighted by Crippen LogP contribution is 2.12. The number of benzene rings is 2. The van der Waals surface area contributed by atoms with E-state index < -0.39 is 10.0 Å². The quantitative estimate of drug-likeness (QED) is 0.865. The predicted molar refractivity (Wildman–Crippen MR) is 82.5 cm³/mol. The molecule has 2 aromatic carbocycles. The third-order valence-corrected chi connectivity index (χ3v) is 4.18. The molecular formula is C14H15BrN2O2S. The molecule has 106 valence electrons. The molecule has 20 heavy (non-hydrogen) atoms. The zero-order valence-corrected chi connectivity index (χ0v) is 13.1. The molecule has 2 aromatic rings. The Balaban J connectivity index is 1.98. The fraction of sp³-hybridized carbons (Fsp3) is 0.143. The van der Waals surface area contributed by atoms with Gasteiger partial charge in [-0.3, -0.25) is 0 Å². The molecular weight excluding hydrogens is 340 g/mol. The molecule has 3 N–H and O–H groups in total. The molecule has 0 spiro atoms. The van der Waals surface area contributed by atoms with E-state index in [-0.39, 0.29) is 4.90 Å². The van der Waals surface area contributed by atoms with E-state index in [0.717, 1.165) is 15.6 Å². The van der Waals surface area contributed by atoms with Crippen molar-refractivity contribution in [3.63, 3.8) is 0 Å². The van der Waals surface area contributed by atoms with Crippen LogP contribution in [0.25, 0.3) is 0 Å². The summed E-state index contributed by atoms with van der Waals surface area (Å²) >= 11 is 3.42. The summed E-state index contributed by atoms with van der Waals surface area (Å²) in [5.41, 5.74) is 2.04. The largest absolute Gasteiger partial charge is 0.309 e. The van der Waals surface area contributed by atoms with Crippen LogP contribution in [0.5, 0.6) is 0 Å². The maximum absolute atomic E-state index is 11.3. The first-order valence-corrected chi connectivity index (χ1v) is 8.36. The lowest BCUT2D eigenvalue weighted by atomic mass is 10.2. The second-order valence-electron chi connectivity index (χ2n) is 4.43. The molecule has 0 saturated heterocycles. The van der Waals surface area contributed by atoms with Crippen molar-refractivity contribution in [3.8, 4) is 0 Å². The number of hydrogen-bond donors (Lipinski definition) is 2. The Bertz CT molecular complexity index is 702. The molecule has 0 atom stereocenters. The Kier molecular flexibility index (Phi) is 4.93. The zero-order valence-electron chi connectivity index (χ0n) is 10.7. The van der Waals surface area contributed by atoms with Gasteiger partial charge in [0.25, 0.3) is 0 Å². The van der Waals surface area contributed by atoms with E-state index in [1.54, 1.807) is 12.1 Å². The number of primary sulfonamides is 1. The number of rotatable bonds is 5. The minimum Gasteiger partial charge on any atom is -0.309 e. The number of halogens is 1. The first kappa shape index (κ1) is 15.2. The van der Waals surface area contributed by atoms with Crippen LogP contribution in [0.2, 0.25) is 0 Å². The second-order valence-corrected chi connectivity index (χ2v) is 6.90. The SMILES string of the molecule is NS(=O)(=O)c1cccc(CNCc2cccc(Br)c2)c1. The summed E-state index contributed by atoms with van der Waals surface area (Å²) in [5.74, 6) is 0. The molecule has 0 aliphatic carbocycles.